The Morgan fingerprint density at radius 1 is 0.931 bits per heavy atom. The molecule has 1 aromatic carbocycles. The van der Waals surface area contributed by atoms with Gasteiger partial charge in [-0.15, -0.1) is 10.2 Å². The Balaban J connectivity index is 1.40. The van der Waals surface area contributed by atoms with Crippen molar-refractivity contribution < 1.29 is 25.5 Å². The molecular weight excluding hydrogens is 382 g/mol. The lowest BCUT2D eigenvalue weighted by atomic mass is 9.83. The molecule has 2 aromatic heterocycles. The van der Waals surface area contributed by atoms with Gasteiger partial charge in [0.25, 0.3) is 0 Å². The quantitative estimate of drug-likeness (QED) is 0.255. The summed E-state index contributed by atoms with van der Waals surface area (Å²) in [6.45, 7) is 0.616. The Morgan fingerprint density at radius 3 is 2.34 bits per heavy atom. The molecule has 4 rings (SSSR count). The number of aryl methyl sites for hydroxylation is 1. The maximum atomic E-state index is 10.1. The van der Waals surface area contributed by atoms with Gasteiger partial charge in [-0.25, -0.2) is 9.36 Å². The number of nitrogens with one attached hydrogen (secondary N) is 1. The minimum Gasteiger partial charge on any atom is -0.389 e. The summed E-state index contributed by atoms with van der Waals surface area (Å²) < 4.78 is 3.33. The number of aliphatic hydroxyl groups excluding tert-OH is 5. The molecule has 156 valence electrons. The molecule has 1 aliphatic carbocycles. The number of aliphatic hydroxyl groups is 5. The van der Waals surface area contributed by atoms with E-state index in [0.29, 0.717) is 12.2 Å². The lowest BCUT2D eigenvalue weighted by Gasteiger charge is -2.42. The highest BCUT2D eigenvalue weighted by atomic mass is 16.4. The van der Waals surface area contributed by atoms with Crippen LogP contribution in [0.4, 0.5) is 0 Å². The van der Waals surface area contributed by atoms with Crippen LogP contribution in [0.3, 0.4) is 0 Å². The second kappa shape index (κ2) is 7.74. The number of aromatic nitrogens is 6. The van der Waals surface area contributed by atoms with E-state index in [1.807, 2.05) is 25.2 Å². The van der Waals surface area contributed by atoms with Crippen molar-refractivity contribution in [1.29, 1.82) is 0 Å². The molecule has 12 nitrogen and oxygen atoms in total. The summed E-state index contributed by atoms with van der Waals surface area (Å²) in [7, 11) is 1.82. The number of nitrogens with zero attached hydrogens (tertiary/aromatic N) is 6. The van der Waals surface area contributed by atoms with Gasteiger partial charge in [-0.05, 0) is 17.7 Å². The Kier molecular flexibility index (Phi) is 5.29. The first-order chi connectivity index (χ1) is 13.8. The molecule has 2 unspecified atom stereocenters. The van der Waals surface area contributed by atoms with Gasteiger partial charge >= 0.3 is 0 Å². The van der Waals surface area contributed by atoms with E-state index in [-0.39, 0.29) is 6.54 Å². The van der Waals surface area contributed by atoms with Crippen molar-refractivity contribution in [3.05, 3.63) is 35.7 Å². The van der Waals surface area contributed by atoms with Crippen molar-refractivity contribution in [2.24, 2.45) is 7.05 Å². The average molecular weight is 405 g/mol. The molecule has 2 heterocycles. The highest BCUT2D eigenvalue weighted by Gasteiger charge is 2.47. The first-order valence-electron chi connectivity index (χ1n) is 9.16. The first kappa shape index (κ1) is 19.8. The fourth-order valence-corrected chi connectivity index (χ4v) is 3.56. The van der Waals surface area contributed by atoms with Gasteiger partial charge in [-0.3, -0.25) is 0 Å². The van der Waals surface area contributed by atoms with Crippen molar-refractivity contribution in [2.75, 3.05) is 0 Å². The van der Waals surface area contributed by atoms with Crippen LogP contribution in [-0.2, 0) is 20.1 Å². The maximum Gasteiger partial charge on any atom is 0.113 e. The largest absolute Gasteiger partial charge is 0.389 e. The predicted molar refractivity (Wildman–Crippen MR) is 98.3 cm³/mol. The topological polar surface area (TPSA) is 175 Å². The molecule has 29 heavy (non-hydrogen) atoms. The molecule has 1 aliphatic rings. The Hall–Kier alpha value is -2.48. The highest BCUT2D eigenvalue weighted by molar-refractivity contribution is 5.74. The van der Waals surface area contributed by atoms with Crippen LogP contribution in [0.1, 0.15) is 11.3 Å². The number of hydrogen-bond acceptors (Lipinski definition) is 10. The highest BCUT2D eigenvalue weighted by Crippen LogP contribution is 2.22. The van der Waals surface area contributed by atoms with E-state index >= 15 is 0 Å². The van der Waals surface area contributed by atoms with E-state index < -0.39 is 36.6 Å². The molecule has 12 heteroatoms. The molecular formula is C17H23N7O5. The van der Waals surface area contributed by atoms with Gasteiger partial charge < -0.3 is 30.8 Å². The third kappa shape index (κ3) is 3.73. The van der Waals surface area contributed by atoms with Crippen LogP contribution in [-0.4, -0.2) is 92.1 Å². The van der Waals surface area contributed by atoms with Gasteiger partial charge in [-0.1, -0.05) is 16.5 Å². The van der Waals surface area contributed by atoms with Gasteiger partial charge in [0.2, 0.25) is 0 Å². The molecule has 0 radical (unpaired) electrons. The summed E-state index contributed by atoms with van der Waals surface area (Å²) in [5.74, 6) is 0. The summed E-state index contributed by atoms with van der Waals surface area (Å²) in [5.41, 5.74) is 3.25. The minimum absolute atomic E-state index is 0.138. The molecule has 0 saturated heterocycles. The second-order valence-electron chi connectivity index (χ2n) is 7.30. The van der Waals surface area contributed by atoms with Crippen LogP contribution in [0.25, 0.3) is 11.0 Å². The monoisotopic (exact) mass is 405 g/mol. The minimum atomic E-state index is -1.62. The van der Waals surface area contributed by atoms with Gasteiger partial charge in [0, 0.05) is 13.6 Å². The smallest absolute Gasteiger partial charge is 0.113 e. The van der Waals surface area contributed by atoms with E-state index in [1.165, 1.54) is 0 Å². The molecule has 6 N–H and O–H groups in total. The van der Waals surface area contributed by atoms with Gasteiger partial charge in [0.05, 0.1) is 30.0 Å². The Bertz CT molecular complexity index is 976. The molecule has 3 aromatic rings. The normalized spacial score (nSPS) is 30.1. The fraction of sp³-hybridized carbons (Fsp3) is 0.529. The zero-order valence-corrected chi connectivity index (χ0v) is 15.6. The third-order valence-electron chi connectivity index (χ3n) is 5.26. The van der Waals surface area contributed by atoms with Crippen molar-refractivity contribution in [2.45, 2.75) is 49.7 Å². The average Bonchev–Trinajstić information content (AvgIpc) is 3.31. The van der Waals surface area contributed by atoms with Crippen LogP contribution in [0.2, 0.25) is 0 Å². The van der Waals surface area contributed by atoms with Gasteiger partial charge in [0.15, 0.2) is 0 Å². The second-order valence-corrected chi connectivity index (χ2v) is 7.30. The SMILES string of the molecule is Cn1nnc2ccc(Cn3cc(CNC4[C@@H](O)[C@H](O)C(O)[C@H](O)[C@H]4O)nn3)cc21. The van der Waals surface area contributed by atoms with Gasteiger partial charge in [0.1, 0.15) is 36.0 Å². The first-order valence-corrected chi connectivity index (χ1v) is 9.16. The number of benzene rings is 1. The maximum absolute atomic E-state index is 10.1. The molecule has 1 saturated carbocycles. The van der Waals surface area contributed by atoms with E-state index in [1.54, 1.807) is 15.6 Å². The standard InChI is InChI=1S/C17H23N7O5/c1-23-11-4-8(2-3-10(11)20-21-23)6-24-7-9(19-22-24)5-18-12-13(25)15(27)17(29)16(28)14(12)26/h2-4,7,12-18,25-29H,5-6H2,1H3/t12?,13-,14+,15+,16-,17?. The summed E-state index contributed by atoms with van der Waals surface area (Å²) in [5, 5.41) is 68.3. The summed E-state index contributed by atoms with van der Waals surface area (Å²) in [6, 6.07) is 4.75. The van der Waals surface area contributed by atoms with Crippen LogP contribution < -0.4 is 5.32 Å². The van der Waals surface area contributed by atoms with Crippen molar-refractivity contribution in [3.63, 3.8) is 0 Å². The lowest BCUT2D eigenvalue weighted by molar-refractivity contribution is -0.190. The Morgan fingerprint density at radius 2 is 1.62 bits per heavy atom. The summed E-state index contributed by atoms with van der Waals surface area (Å²) >= 11 is 0. The zero-order valence-electron chi connectivity index (χ0n) is 15.6. The zero-order chi connectivity index (χ0) is 20.7. The van der Waals surface area contributed by atoms with Crippen molar-refractivity contribution >= 4 is 11.0 Å². The molecule has 6 atom stereocenters. The summed E-state index contributed by atoms with van der Waals surface area (Å²) in [4.78, 5) is 0. The molecule has 0 aliphatic heterocycles. The van der Waals surface area contributed by atoms with E-state index in [9.17, 15) is 25.5 Å². The van der Waals surface area contributed by atoms with Crippen LogP contribution >= 0.6 is 0 Å². The molecule has 0 spiro atoms. The van der Waals surface area contributed by atoms with E-state index in [2.05, 4.69) is 25.9 Å². The Labute approximate surface area is 165 Å². The third-order valence-corrected chi connectivity index (χ3v) is 5.26. The van der Waals surface area contributed by atoms with E-state index in [0.717, 1.165) is 16.6 Å². The lowest BCUT2D eigenvalue weighted by Crippen LogP contribution is -2.67. The number of rotatable bonds is 5. The van der Waals surface area contributed by atoms with Crippen molar-refractivity contribution in [1.82, 2.24) is 35.3 Å². The predicted octanol–water partition coefficient (Wildman–Crippen LogP) is -3.12. The molecule has 0 amide bonds. The number of hydrogen-bond donors (Lipinski definition) is 6. The van der Waals surface area contributed by atoms with Crippen LogP contribution in [0, 0.1) is 0 Å². The van der Waals surface area contributed by atoms with Crippen LogP contribution in [0.5, 0.6) is 0 Å². The molecule has 1 fully saturated rings. The van der Waals surface area contributed by atoms with Crippen LogP contribution in [0.15, 0.2) is 24.4 Å². The van der Waals surface area contributed by atoms with Crippen molar-refractivity contribution in [3.8, 4) is 0 Å². The number of fused-ring (bicyclic) bond motifs is 1. The fourth-order valence-electron chi connectivity index (χ4n) is 3.56. The van der Waals surface area contributed by atoms with Gasteiger partial charge in [-0.2, -0.15) is 0 Å². The molecule has 0 bridgehead atoms. The summed E-state index contributed by atoms with van der Waals surface area (Å²) in [6.07, 6.45) is -5.95. The van der Waals surface area contributed by atoms with E-state index in [4.69, 9.17) is 0 Å².